The highest BCUT2D eigenvalue weighted by molar-refractivity contribution is 7.20. The van der Waals surface area contributed by atoms with Gasteiger partial charge in [0.15, 0.2) is 0 Å². The molecule has 5 nitrogen and oxygen atoms in total. The number of hydrogen-bond donors (Lipinski definition) is 0. The second-order valence-electron chi connectivity index (χ2n) is 6.43. The van der Waals surface area contributed by atoms with Gasteiger partial charge in [-0.15, -0.1) is 0 Å². The van der Waals surface area contributed by atoms with Crippen LogP contribution in [0.5, 0.6) is 10.9 Å². The van der Waals surface area contributed by atoms with Crippen LogP contribution in [0.3, 0.4) is 0 Å². The molecule has 1 aliphatic rings. The predicted molar refractivity (Wildman–Crippen MR) is 102 cm³/mol. The lowest BCUT2D eigenvalue weighted by atomic mass is 10.1. The molecule has 0 spiro atoms. The number of aromatic nitrogens is 1. The van der Waals surface area contributed by atoms with E-state index in [0.29, 0.717) is 29.6 Å². The van der Waals surface area contributed by atoms with Gasteiger partial charge in [-0.05, 0) is 36.4 Å². The maximum absolute atomic E-state index is 13.3. The summed E-state index contributed by atoms with van der Waals surface area (Å²) in [4.78, 5) is 18.9. The molecule has 1 saturated heterocycles. The fourth-order valence-electron chi connectivity index (χ4n) is 3.19. The van der Waals surface area contributed by atoms with Crippen LogP contribution >= 0.6 is 11.3 Å². The van der Waals surface area contributed by atoms with Gasteiger partial charge in [-0.2, -0.15) is 0 Å². The van der Waals surface area contributed by atoms with Gasteiger partial charge >= 0.3 is 0 Å². The zero-order chi connectivity index (χ0) is 18.8. The zero-order valence-corrected chi connectivity index (χ0v) is 15.7. The van der Waals surface area contributed by atoms with E-state index < -0.39 is 0 Å². The third-order valence-electron chi connectivity index (χ3n) is 4.64. The zero-order valence-electron chi connectivity index (χ0n) is 14.9. The lowest BCUT2D eigenvalue weighted by Gasteiger charge is -2.31. The summed E-state index contributed by atoms with van der Waals surface area (Å²) in [5.74, 6) is 0.399. The second-order valence-corrected chi connectivity index (χ2v) is 7.43. The number of likely N-dealkylation sites (tertiary alicyclic amines) is 1. The first-order valence-corrected chi connectivity index (χ1v) is 9.60. The lowest BCUT2D eigenvalue weighted by molar-refractivity contribution is 0.0595. The topological polar surface area (TPSA) is 51.7 Å². The van der Waals surface area contributed by atoms with Crippen molar-refractivity contribution in [3.63, 3.8) is 0 Å². The summed E-state index contributed by atoms with van der Waals surface area (Å²) in [7, 11) is 1.59. The van der Waals surface area contributed by atoms with Crippen LogP contribution in [0.2, 0.25) is 0 Å². The molecule has 4 rings (SSSR count). The van der Waals surface area contributed by atoms with Gasteiger partial charge in [-0.3, -0.25) is 4.79 Å². The molecule has 140 valence electrons. The summed E-state index contributed by atoms with van der Waals surface area (Å²) in [6.07, 6.45) is 1.48. The first-order chi connectivity index (χ1) is 13.1. The molecule has 0 aliphatic carbocycles. The van der Waals surface area contributed by atoms with Gasteiger partial charge in [0.05, 0.1) is 17.3 Å². The Morgan fingerprint density at radius 3 is 2.81 bits per heavy atom. The van der Waals surface area contributed by atoms with Crippen LogP contribution in [0.4, 0.5) is 4.39 Å². The van der Waals surface area contributed by atoms with E-state index in [0.717, 1.165) is 23.1 Å². The first-order valence-electron chi connectivity index (χ1n) is 8.78. The molecule has 7 heteroatoms. The fraction of sp³-hybridized carbons (Fsp3) is 0.300. The summed E-state index contributed by atoms with van der Waals surface area (Å²) in [6, 6.07) is 11.7. The van der Waals surface area contributed by atoms with Crippen molar-refractivity contribution >= 4 is 27.5 Å². The molecule has 3 aromatic rings. The monoisotopic (exact) mass is 386 g/mol. The molecule has 2 aromatic carbocycles. The number of carbonyl (C=O) groups excluding carboxylic acids is 1. The quantitative estimate of drug-likeness (QED) is 0.677. The lowest BCUT2D eigenvalue weighted by Crippen LogP contribution is -2.41. The molecule has 1 aliphatic heterocycles. The highest BCUT2D eigenvalue weighted by atomic mass is 32.1. The number of methoxy groups -OCH3 is 1. The molecule has 0 unspecified atom stereocenters. The molecule has 1 aromatic heterocycles. The van der Waals surface area contributed by atoms with Crippen LogP contribution in [0.25, 0.3) is 10.2 Å². The third kappa shape index (κ3) is 3.88. The number of rotatable bonds is 4. The standard InChI is InChI=1S/C20H19FN2O3S/c1-25-16-4-2-3-13(11-16)19(24)23-9-7-15(8-10-23)26-20-22-17-6-5-14(21)12-18(17)27-20/h2-6,11-12,15H,7-10H2,1H3. The van der Waals surface area contributed by atoms with Crippen LogP contribution in [-0.4, -0.2) is 42.1 Å². The summed E-state index contributed by atoms with van der Waals surface area (Å²) >= 11 is 1.35. The van der Waals surface area contributed by atoms with Crippen molar-refractivity contribution in [2.45, 2.75) is 18.9 Å². The molecule has 0 N–H and O–H groups in total. The molecule has 0 atom stereocenters. The van der Waals surface area contributed by atoms with Gasteiger partial charge in [0, 0.05) is 31.5 Å². The summed E-state index contributed by atoms with van der Waals surface area (Å²) in [5, 5.41) is 0.549. The van der Waals surface area contributed by atoms with Crippen molar-refractivity contribution in [2.75, 3.05) is 20.2 Å². The van der Waals surface area contributed by atoms with E-state index in [2.05, 4.69) is 4.98 Å². The van der Waals surface area contributed by atoms with Crippen molar-refractivity contribution in [3.05, 3.63) is 53.8 Å². The third-order valence-corrected chi connectivity index (χ3v) is 5.55. The summed E-state index contributed by atoms with van der Waals surface area (Å²) in [5.41, 5.74) is 1.36. The van der Waals surface area contributed by atoms with E-state index in [-0.39, 0.29) is 17.8 Å². The minimum absolute atomic E-state index is 0.00260. The average Bonchev–Trinajstić information content (AvgIpc) is 3.09. The smallest absolute Gasteiger partial charge is 0.274 e. The van der Waals surface area contributed by atoms with Crippen LogP contribution in [0.1, 0.15) is 23.2 Å². The second kappa shape index (κ2) is 7.52. The molecular weight excluding hydrogens is 367 g/mol. The van der Waals surface area contributed by atoms with Gasteiger partial charge in [0.1, 0.15) is 17.7 Å². The van der Waals surface area contributed by atoms with Gasteiger partial charge in [0.25, 0.3) is 11.1 Å². The van der Waals surface area contributed by atoms with Crippen molar-refractivity contribution in [3.8, 4) is 10.9 Å². The van der Waals surface area contributed by atoms with Crippen LogP contribution in [0.15, 0.2) is 42.5 Å². The van der Waals surface area contributed by atoms with E-state index in [1.165, 1.54) is 23.5 Å². The number of benzene rings is 2. The highest BCUT2D eigenvalue weighted by Crippen LogP contribution is 2.30. The van der Waals surface area contributed by atoms with Crippen LogP contribution in [0, 0.1) is 5.82 Å². The Balaban J connectivity index is 1.37. The summed E-state index contributed by atoms with van der Waals surface area (Å²) in [6.45, 7) is 1.25. The minimum atomic E-state index is -0.276. The molecule has 0 radical (unpaired) electrons. The number of nitrogens with zero attached hydrogens (tertiary/aromatic N) is 2. The molecule has 0 bridgehead atoms. The largest absolute Gasteiger partial charge is 0.497 e. The van der Waals surface area contributed by atoms with E-state index in [4.69, 9.17) is 9.47 Å². The number of carbonyl (C=O) groups is 1. The Hall–Kier alpha value is -2.67. The van der Waals surface area contributed by atoms with Crippen LogP contribution in [-0.2, 0) is 0 Å². The molecular formula is C20H19FN2O3S. The number of halogens is 1. The van der Waals surface area contributed by atoms with Crippen molar-refractivity contribution in [1.29, 1.82) is 0 Å². The molecule has 2 heterocycles. The van der Waals surface area contributed by atoms with Crippen molar-refractivity contribution in [2.24, 2.45) is 0 Å². The van der Waals surface area contributed by atoms with Gasteiger partial charge in [-0.1, -0.05) is 17.4 Å². The maximum Gasteiger partial charge on any atom is 0.274 e. The predicted octanol–water partition coefficient (Wildman–Crippen LogP) is 4.13. The molecule has 0 saturated carbocycles. The van der Waals surface area contributed by atoms with E-state index in [1.54, 1.807) is 25.3 Å². The van der Waals surface area contributed by atoms with E-state index >= 15 is 0 Å². The minimum Gasteiger partial charge on any atom is -0.497 e. The van der Waals surface area contributed by atoms with Crippen LogP contribution < -0.4 is 9.47 Å². The highest BCUT2D eigenvalue weighted by Gasteiger charge is 2.25. The Morgan fingerprint density at radius 2 is 2.04 bits per heavy atom. The number of hydrogen-bond acceptors (Lipinski definition) is 5. The Bertz CT molecular complexity index is 967. The SMILES string of the molecule is COc1cccc(C(=O)N2CCC(Oc3nc4ccc(F)cc4s3)CC2)c1. The normalized spacial score (nSPS) is 15.1. The number of fused-ring (bicyclic) bond motifs is 1. The Morgan fingerprint density at radius 1 is 1.22 bits per heavy atom. The first kappa shape index (κ1) is 17.7. The number of piperidine rings is 1. The van der Waals surface area contributed by atoms with E-state index in [9.17, 15) is 9.18 Å². The Kier molecular flexibility index (Phi) is 4.94. The molecule has 1 amide bonds. The van der Waals surface area contributed by atoms with Gasteiger partial charge in [0.2, 0.25) is 0 Å². The molecule has 1 fully saturated rings. The van der Waals surface area contributed by atoms with E-state index in [1.807, 2.05) is 17.0 Å². The van der Waals surface area contributed by atoms with Crippen molar-refractivity contribution in [1.82, 2.24) is 9.88 Å². The van der Waals surface area contributed by atoms with Crippen molar-refractivity contribution < 1.29 is 18.7 Å². The number of ether oxygens (including phenoxy) is 2. The maximum atomic E-state index is 13.3. The fourth-order valence-corrected chi connectivity index (χ4v) is 4.09. The molecule has 27 heavy (non-hydrogen) atoms. The van der Waals surface area contributed by atoms with Gasteiger partial charge in [-0.25, -0.2) is 9.37 Å². The summed E-state index contributed by atoms with van der Waals surface area (Å²) < 4.78 is 25.2. The Labute approximate surface area is 160 Å². The average molecular weight is 386 g/mol. The van der Waals surface area contributed by atoms with Gasteiger partial charge < -0.3 is 14.4 Å². The number of amides is 1. The number of thiazole rings is 1.